The van der Waals surface area contributed by atoms with Gasteiger partial charge in [-0.05, 0) is 6.08 Å². The molecule has 0 saturated heterocycles. The lowest BCUT2D eigenvalue weighted by molar-refractivity contribution is -0.157. The Kier molecular flexibility index (Phi) is 2.75. The first kappa shape index (κ1) is 11.4. The van der Waals surface area contributed by atoms with Crippen LogP contribution in [-0.4, -0.2) is 4.98 Å². The molecular formula is C12H8F3NO. The van der Waals surface area contributed by atoms with Crippen molar-refractivity contribution >= 4 is 6.08 Å². The van der Waals surface area contributed by atoms with Gasteiger partial charge in [-0.2, -0.15) is 13.2 Å². The maximum Gasteiger partial charge on any atom is 0.468 e. The fourth-order valence-electron chi connectivity index (χ4n) is 1.39. The molecule has 0 amide bonds. The van der Waals surface area contributed by atoms with Gasteiger partial charge in [0.1, 0.15) is 5.69 Å². The molecule has 2 rings (SSSR count). The Hall–Kier alpha value is -2.04. The molecule has 2 nitrogen and oxygen atoms in total. The highest BCUT2D eigenvalue weighted by Gasteiger charge is 2.38. The molecular weight excluding hydrogens is 231 g/mol. The summed E-state index contributed by atoms with van der Waals surface area (Å²) in [5.41, 5.74) is 0.703. The molecule has 1 aromatic carbocycles. The monoisotopic (exact) mass is 239 g/mol. The van der Waals surface area contributed by atoms with Gasteiger partial charge in [-0.1, -0.05) is 36.9 Å². The van der Waals surface area contributed by atoms with Gasteiger partial charge in [0.25, 0.3) is 0 Å². The van der Waals surface area contributed by atoms with E-state index in [4.69, 9.17) is 0 Å². The Morgan fingerprint density at radius 1 is 1.18 bits per heavy atom. The van der Waals surface area contributed by atoms with Crippen molar-refractivity contribution in [3.63, 3.8) is 0 Å². The molecule has 0 radical (unpaired) electrons. The standard InChI is InChI=1S/C12H8F3NO/c1-2-9-10(8-6-4-3-5-7-8)16-11(17-9)12(13,14)15/h2-7H,1H2. The van der Waals surface area contributed by atoms with E-state index in [0.717, 1.165) is 0 Å². The number of benzene rings is 1. The lowest BCUT2D eigenvalue weighted by Gasteiger charge is -1.97. The van der Waals surface area contributed by atoms with E-state index >= 15 is 0 Å². The molecule has 0 saturated carbocycles. The van der Waals surface area contributed by atoms with E-state index in [1.165, 1.54) is 6.08 Å². The maximum atomic E-state index is 12.4. The first-order valence-electron chi connectivity index (χ1n) is 4.78. The Balaban J connectivity index is 2.55. The molecule has 5 heteroatoms. The summed E-state index contributed by atoms with van der Waals surface area (Å²) in [7, 11) is 0. The van der Waals surface area contributed by atoms with Crippen LogP contribution in [0.5, 0.6) is 0 Å². The second-order valence-electron chi connectivity index (χ2n) is 3.30. The molecule has 0 atom stereocenters. The number of nitrogens with zero attached hydrogens (tertiary/aromatic N) is 1. The van der Waals surface area contributed by atoms with Gasteiger partial charge in [0.2, 0.25) is 0 Å². The van der Waals surface area contributed by atoms with E-state index in [1.807, 2.05) is 0 Å². The highest BCUT2D eigenvalue weighted by molar-refractivity contribution is 5.68. The molecule has 0 bridgehead atoms. The summed E-state index contributed by atoms with van der Waals surface area (Å²) in [5, 5.41) is 0. The molecule has 2 aromatic rings. The summed E-state index contributed by atoms with van der Waals surface area (Å²) in [6.07, 6.45) is -3.38. The highest BCUT2D eigenvalue weighted by Crippen LogP contribution is 2.33. The van der Waals surface area contributed by atoms with Crippen LogP contribution in [0.2, 0.25) is 0 Å². The average Bonchev–Trinajstić information content (AvgIpc) is 2.73. The van der Waals surface area contributed by atoms with Gasteiger partial charge in [-0.25, -0.2) is 4.98 Å². The molecule has 0 N–H and O–H groups in total. The third-order valence-corrected chi connectivity index (χ3v) is 2.13. The topological polar surface area (TPSA) is 26.0 Å². The van der Waals surface area contributed by atoms with Crippen molar-refractivity contribution in [1.82, 2.24) is 4.98 Å². The molecule has 0 aliphatic carbocycles. The lowest BCUT2D eigenvalue weighted by atomic mass is 10.1. The number of hydrogen-bond acceptors (Lipinski definition) is 2. The van der Waals surface area contributed by atoms with Crippen LogP contribution in [0.25, 0.3) is 17.3 Å². The molecule has 0 spiro atoms. The van der Waals surface area contributed by atoms with Gasteiger partial charge in [0.15, 0.2) is 5.76 Å². The first-order chi connectivity index (χ1) is 8.02. The zero-order valence-electron chi connectivity index (χ0n) is 8.66. The summed E-state index contributed by atoms with van der Waals surface area (Å²) in [6, 6.07) is 8.51. The number of halogens is 3. The van der Waals surface area contributed by atoms with Crippen molar-refractivity contribution in [2.24, 2.45) is 0 Å². The second-order valence-corrected chi connectivity index (χ2v) is 3.30. The first-order valence-corrected chi connectivity index (χ1v) is 4.78. The van der Waals surface area contributed by atoms with Gasteiger partial charge in [0.05, 0.1) is 0 Å². The minimum atomic E-state index is -4.59. The van der Waals surface area contributed by atoms with Crippen LogP contribution < -0.4 is 0 Å². The van der Waals surface area contributed by atoms with Gasteiger partial charge >= 0.3 is 12.1 Å². The van der Waals surface area contributed by atoms with Crippen molar-refractivity contribution in [3.8, 4) is 11.3 Å². The van der Waals surface area contributed by atoms with Crippen LogP contribution in [0.15, 0.2) is 41.3 Å². The normalized spacial score (nSPS) is 11.5. The zero-order chi connectivity index (χ0) is 12.5. The molecule has 17 heavy (non-hydrogen) atoms. The summed E-state index contributed by atoms with van der Waals surface area (Å²) in [5.74, 6) is -1.24. The Labute approximate surface area is 95.4 Å². The highest BCUT2D eigenvalue weighted by atomic mass is 19.4. The second kappa shape index (κ2) is 4.08. The Morgan fingerprint density at radius 3 is 2.35 bits per heavy atom. The van der Waals surface area contributed by atoms with Crippen LogP contribution in [0.3, 0.4) is 0 Å². The third kappa shape index (κ3) is 2.22. The van der Waals surface area contributed by atoms with Gasteiger partial charge in [0, 0.05) is 5.56 Å². The largest absolute Gasteiger partial charge is 0.468 e. The average molecular weight is 239 g/mol. The van der Waals surface area contributed by atoms with Crippen molar-refractivity contribution in [3.05, 3.63) is 48.6 Å². The number of rotatable bonds is 2. The molecule has 0 aliphatic heterocycles. The van der Waals surface area contributed by atoms with Crippen molar-refractivity contribution in [2.75, 3.05) is 0 Å². The molecule has 0 unspecified atom stereocenters. The van der Waals surface area contributed by atoms with Crippen LogP contribution in [-0.2, 0) is 6.18 Å². The van der Waals surface area contributed by atoms with Gasteiger partial charge in [-0.3, -0.25) is 0 Å². The quantitative estimate of drug-likeness (QED) is 0.791. The molecule has 0 fully saturated rings. The SMILES string of the molecule is C=Cc1oc(C(F)(F)F)nc1-c1ccccc1. The Bertz CT molecular complexity index is 528. The zero-order valence-corrected chi connectivity index (χ0v) is 8.66. The van der Waals surface area contributed by atoms with E-state index in [-0.39, 0.29) is 11.5 Å². The molecule has 88 valence electrons. The van der Waals surface area contributed by atoms with Crippen LogP contribution >= 0.6 is 0 Å². The van der Waals surface area contributed by atoms with E-state index in [2.05, 4.69) is 16.0 Å². The van der Waals surface area contributed by atoms with E-state index < -0.39 is 12.1 Å². The number of oxazole rings is 1. The number of alkyl halides is 3. The summed E-state index contributed by atoms with van der Waals surface area (Å²) < 4.78 is 42.0. The van der Waals surface area contributed by atoms with Gasteiger partial charge in [-0.15, -0.1) is 0 Å². The van der Waals surface area contributed by atoms with E-state index in [1.54, 1.807) is 30.3 Å². The number of aromatic nitrogens is 1. The van der Waals surface area contributed by atoms with Crippen LogP contribution in [0.4, 0.5) is 13.2 Å². The summed E-state index contributed by atoms with van der Waals surface area (Å²) in [6.45, 7) is 3.41. The molecule has 1 heterocycles. The number of hydrogen-bond donors (Lipinski definition) is 0. The molecule has 1 aromatic heterocycles. The van der Waals surface area contributed by atoms with Crippen LogP contribution in [0.1, 0.15) is 11.7 Å². The summed E-state index contributed by atoms with van der Waals surface area (Å²) in [4.78, 5) is 3.46. The fourth-order valence-corrected chi connectivity index (χ4v) is 1.39. The molecule has 0 aliphatic rings. The van der Waals surface area contributed by atoms with Crippen molar-refractivity contribution < 1.29 is 17.6 Å². The van der Waals surface area contributed by atoms with E-state index in [9.17, 15) is 13.2 Å². The maximum absolute atomic E-state index is 12.4. The minimum Gasteiger partial charge on any atom is -0.433 e. The van der Waals surface area contributed by atoms with Crippen molar-refractivity contribution in [2.45, 2.75) is 6.18 Å². The van der Waals surface area contributed by atoms with Gasteiger partial charge < -0.3 is 4.42 Å². The van der Waals surface area contributed by atoms with E-state index in [0.29, 0.717) is 5.56 Å². The van der Waals surface area contributed by atoms with Crippen molar-refractivity contribution in [1.29, 1.82) is 0 Å². The smallest absolute Gasteiger partial charge is 0.433 e. The fraction of sp³-hybridized carbons (Fsp3) is 0.0833. The Morgan fingerprint density at radius 2 is 1.82 bits per heavy atom. The van der Waals surface area contributed by atoms with Crippen LogP contribution in [0, 0.1) is 0 Å². The third-order valence-electron chi connectivity index (χ3n) is 2.13. The minimum absolute atomic E-state index is 0.0172. The predicted octanol–water partition coefficient (Wildman–Crippen LogP) is 4.00. The predicted molar refractivity (Wildman–Crippen MR) is 57.0 cm³/mol. The summed E-state index contributed by atoms with van der Waals surface area (Å²) >= 11 is 0. The lowest BCUT2D eigenvalue weighted by Crippen LogP contribution is -2.04.